The molecule has 0 radical (unpaired) electrons. The van der Waals surface area contributed by atoms with Crippen molar-refractivity contribution in [1.82, 2.24) is 0 Å². The second-order valence-corrected chi connectivity index (χ2v) is 0.583. The van der Waals surface area contributed by atoms with Crippen molar-refractivity contribution in [3.05, 3.63) is 0 Å². The highest BCUT2D eigenvalue weighted by atomic mass is 17.1. The van der Waals surface area contributed by atoms with Crippen molar-refractivity contribution in [2.24, 2.45) is 0 Å². The summed E-state index contributed by atoms with van der Waals surface area (Å²) >= 11 is 0. The van der Waals surface area contributed by atoms with Crippen molar-refractivity contribution >= 4 is 5.97 Å². The summed E-state index contributed by atoms with van der Waals surface area (Å²) in [6.45, 7) is 5.11. The summed E-state index contributed by atoms with van der Waals surface area (Å²) in [5.74, 6) is -0.690. The zero-order chi connectivity index (χ0) is 6.28. The van der Waals surface area contributed by atoms with Gasteiger partial charge in [-0.05, 0) is 0 Å². The Morgan fingerprint density at radius 3 is 1.71 bits per heavy atom. The van der Waals surface area contributed by atoms with Gasteiger partial charge in [-0.2, -0.15) is 5.26 Å². The number of rotatable bonds is 0. The lowest BCUT2D eigenvalue weighted by Crippen LogP contribution is -1.89. The third kappa shape index (κ3) is 31.2. The molecule has 3 nitrogen and oxygen atoms in total. The summed E-state index contributed by atoms with van der Waals surface area (Å²) in [4.78, 5) is 12.5. The van der Waals surface area contributed by atoms with E-state index in [-0.39, 0.29) is 0 Å². The average Bonchev–Trinajstić information content (AvgIpc) is 1.73. The lowest BCUT2D eigenvalue weighted by molar-refractivity contribution is -0.231. The highest BCUT2D eigenvalue weighted by Gasteiger charge is 1.79. The van der Waals surface area contributed by atoms with Crippen LogP contribution in [0.1, 0.15) is 20.8 Å². The Balaban J connectivity index is 0. The summed E-state index contributed by atoms with van der Waals surface area (Å²) in [6.07, 6.45) is 0. The maximum absolute atomic E-state index is 9.34. The molecule has 0 aromatic rings. The van der Waals surface area contributed by atoms with Gasteiger partial charge in [-0.15, -0.1) is 0 Å². The molecular formula is C4H10O3. The Morgan fingerprint density at radius 2 is 1.71 bits per heavy atom. The van der Waals surface area contributed by atoms with E-state index < -0.39 is 5.97 Å². The fourth-order valence-electron chi connectivity index (χ4n) is 0. The molecule has 44 valence electrons. The Labute approximate surface area is 42.8 Å². The van der Waals surface area contributed by atoms with Crippen LogP contribution in [0.4, 0.5) is 0 Å². The number of carbonyl (C=O) groups is 1. The molecule has 0 spiro atoms. The van der Waals surface area contributed by atoms with E-state index in [0.29, 0.717) is 0 Å². The van der Waals surface area contributed by atoms with Crippen LogP contribution in [-0.4, -0.2) is 11.2 Å². The van der Waals surface area contributed by atoms with Crippen molar-refractivity contribution < 1.29 is 14.9 Å². The molecule has 1 N–H and O–H groups in total. The molecule has 0 atom stereocenters. The molecular weight excluding hydrogens is 96.0 g/mol. The van der Waals surface area contributed by atoms with Gasteiger partial charge in [0.05, 0.1) is 0 Å². The molecule has 0 saturated carbocycles. The summed E-state index contributed by atoms with van der Waals surface area (Å²) < 4.78 is 0. The monoisotopic (exact) mass is 106 g/mol. The molecule has 0 aromatic carbocycles. The van der Waals surface area contributed by atoms with Crippen molar-refractivity contribution in [1.29, 1.82) is 0 Å². The van der Waals surface area contributed by atoms with Crippen LogP contribution < -0.4 is 0 Å². The van der Waals surface area contributed by atoms with Gasteiger partial charge in [0.2, 0.25) is 0 Å². The molecule has 0 aliphatic rings. The minimum atomic E-state index is -0.690. The summed E-state index contributed by atoms with van der Waals surface area (Å²) in [7, 11) is 0. The van der Waals surface area contributed by atoms with Gasteiger partial charge in [-0.3, -0.25) is 0 Å². The highest BCUT2D eigenvalue weighted by molar-refractivity contribution is 5.64. The molecule has 0 bridgehead atoms. The molecule has 0 aliphatic heterocycles. The Morgan fingerprint density at radius 1 is 1.57 bits per heavy atom. The van der Waals surface area contributed by atoms with Gasteiger partial charge in [0.25, 0.3) is 0 Å². The molecule has 0 aliphatic carbocycles. The number of hydrogen-bond donors (Lipinski definition) is 1. The first-order valence-electron chi connectivity index (χ1n) is 2.09. The second kappa shape index (κ2) is 9.06. The van der Waals surface area contributed by atoms with Gasteiger partial charge in [-0.1, -0.05) is 13.8 Å². The molecule has 0 saturated heterocycles. The van der Waals surface area contributed by atoms with Crippen LogP contribution in [0.15, 0.2) is 0 Å². The zero-order valence-corrected chi connectivity index (χ0v) is 4.76. The molecule has 0 unspecified atom stereocenters. The molecule has 3 heteroatoms. The molecule has 0 aromatic heterocycles. The van der Waals surface area contributed by atoms with Gasteiger partial charge >= 0.3 is 5.97 Å². The van der Waals surface area contributed by atoms with Gasteiger partial charge in [0.1, 0.15) is 0 Å². The normalized spacial score (nSPS) is 5.71. The van der Waals surface area contributed by atoms with Gasteiger partial charge < -0.3 is 4.89 Å². The highest BCUT2D eigenvalue weighted by Crippen LogP contribution is 1.59. The van der Waals surface area contributed by atoms with Crippen molar-refractivity contribution in [3.63, 3.8) is 0 Å². The van der Waals surface area contributed by atoms with Crippen LogP contribution in [0.5, 0.6) is 0 Å². The van der Waals surface area contributed by atoms with Crippen LogP contribution in [-0.2, 0) is 9.68 Å². The summed E-state index contributed by atoms with van der Waals surface area (Å²) in [5.41, 5.74) is 0. The van der Waals surface area contributed by atoms with E-state index in [9.17, 15) is 4.79 Å². The first-order valence-corrected chi connectivity index (χ1v) is 2.09. The van der Waals surface area contributed by atoms with E-state index in [1.807, 2.05) is 13.8 Å². The fraction of sp³-hybridized carbons (Fsp3) is 0.750. The maximum Gasteiger partial charge on any atom is 0.339 e. The van der Waals surface area contributed by atoms with Gasteiger partial charge in [0.15, 0.2) is 0 Å². The van der Waals surface area contributed by atoms with Crippen LogP contribution in [0.3, 0.4) is 0 Å². The SMILES string of the molecule is CC.CC(=O)OO. The predicted molar refractivity (Wildman–Crippen MR) is 25.7 cm³/mol. The molecule has 0 amide bonds. The standard InChI is InChI=1S/C2H4O3.C2H6/c1-2(3)5-4;1-2/h4H,1H3;1-2H3. The number of hydrogen-bond acceptors (Lipinski definition) is 3. The largest absolute Gasteiger partial charge is 0.339 e. The molecule has 7 heavy (non-hydrogen) atoms. The number of carbonyl (C=O) groups excluding carboxylic acids is 1. The van der Waals surface area contributed by atoms with Gasteiger partial charge in [-0.25, -0.2) is 4.79 Å². The van der Waals surface area contributed by atoms with E-state index in [2.05, 4.69) is 4.89 Å². The topological polar surface area (TPSA) is 46.5 Å². The average molecular weight is 106 g/mol. The lowest BCUT2D eigenvalue weighted by Gasteiger charge is -1.76. The first-order chi connectivity index (χ1) is 3.27. The quantitative estimate of drug-likeness (QED) is 0.371. The second-order valence-electron chi connectivity index (χ2n) is 0.583. The van der Waals surface area contributed by atoms with E-state index in [1.165, 1.54) is 0 Å². The van der Waals surface area contributed by atoms with E-state index >= 15 is 0 Å². The van der Waals surface area contributed by atoms with E-state index in [1.54, 1.807) is 0 Å². The van der Waals surface area contributed by atoms with Crippen LogP contribution in [0.25, 0.3) is 0 Å². The Kier molecular flexibility index (Phi) is 12.5. The van der Waals surface area contributed by atoms with Crippen molar-refractivity contribution in [2.75, 3.05) is 0 Å². The van der Waals surface area contributed by atoms with Crippen molar-refractivity contribution in [2.45, 2.75) is 20.8 Å². The predicted octanol–water partition coefficient (Wildman–Crippen LogP) is 1.05. The van der Waals surface area contributed by atoms with E-state index in [0.717, 1.165) is 6.92 Å². The third-order valence-electron chi connectivity index (χ3n) is 0.129. The maximum atomic E-state index is 9.34. The van der Waals surface area contributed by atoms with Crippen LogP contribution in [0.2, 0.25) is 0 Å². The third-order valence-corrected chi connectivity index (χ3v) is 0.129. The van der Waals surface area contributed by atoms with Crippen molar-refractivity contribution in [3.8, 4) is 0 Å². The molecule has 0 rings (SSSR count). The molecule has 0 fully saturated rings. The molecule has 0 heterocycles. The smallest absolute Gasteiger partial charge is 0.301 e. The summed E-state index contributed by atoms with van der Waals surface area (Å²) in [6, 6.07) is 0. The van der Waals surface area contributed by atoms with Gasteiger partial charge in [0, 0.05) is 6.92 Å². The first kappa shape index (κ1) is 9.66. The minimum Gasteiger partial charge on any atom is -0.301 e. The van der Waals surface area contributed by atoms with Crippen LogP contribution >= 0.6 is 0 Å². The lowest BCUT2D eigenvalue weighted by atomic mass is 10.9. The van der Waals surface area contributed by atoms with Crippen LogP contribution in [0, 0.1) is 0 Å². The van der Waals surface area contributed by atoms with E-state index in [4.69, 9.17) is 5.26 Å². The Bertz CT molecular complexity index is 42.2. The minimum absolute atomic E-state index is 0.690. The zero-order valence-electron chi connectivity index (χ0n) is 4.76. The Hall–Kier alpha value is -0.570. The fourth-order valence-corrected chi connectivity index (χ4v) is 0. The summed E-state index contributed by atoms with van der Waals surface area (Å²) in [5, 5.41) is 7.29.